The van der Waals surface area contributed by atoms with Crippen LogP contribution in [0.5, 0.6) is 0 Å². The summed E-state index contributed by atoms with van der Waals surface area (Å²) in [6.07, 6.45) is 2.56. The van der Waals surface area contributed by atoms with E-state index in [1.165, 1.54) is 6.07 Å². The molecule has 2 heterocycles. The van der Waals surface area contributed by atoms with E-state index < -0.39 is 0 Å². The van der Waals surface area contributed by atoms with Gasteiger partial charge in [0.05, 0.1) is 12.2 Å². The number of rotatable bonds is 6. The van der Waals surface area contributed by atoms with Crippen LogP contribution in [0.3, 0.4) is 0 Å². The second-order valence-electron chi connectivity index (χ2n) is 6.25. The van der Waals surface area contributed by atoms with Gasteiger partial charge < -0.3 is 15.2 Å². The lowest BCUT2D eigenvalue weighted by atomic mass is 10.1. The number of fused-ring (bicyclic) bond motifs is 1. The number of thiocarbonyl (C=S) groups is 1. The van der Waals surface area contributed by atoms with Crippen molar-refractivity contribution in [1.82, 2.24) is 20.2 Å². The van der Waals surface area contributed by atoms with Crippen LogP contribution >= 0.6 is 12.2 Å². The minimum atomic E-state index is -0.216. The van der Waals surface area contributed by atoms with Crippen LogP contribution in [0.15, 0.2) is 42.6 Å². The van der Waals surface area contributed by atoms with Crippen LogP contribution in [0, 0.1) is 12.7 Å². The number of aromatic amines is 1. The maximum absolute atomic E-state index is 13.7. The average molecular weight is 370 g/mol. The van der Waals surface area contributed by atoms with E-state index in [-0.39, 0.29) is 5.82 Å². The van der Waals surface area contributed by atoms with Crippen LogP contribution in [-0.4, -0.2) is 33.1 Å². The first kappa shape index (κ1) is 18.3. The van der Waals surface area contributed by atoms with Crippen molar-refractivity contribution >= 4 is 28.2 Å². The molecule has 1 aromatic carbocycles. The third-order valence-electron chi connectivity index (χ3n) is 4.41. The number of nitrogens with one attached hydrogen (secondary N) is 2. The van der Waals surface area contributed by atoms with Crippen LogP contribution in [0.2, 0.25) is 0 Å². The molecule has 2 N–H and O–H groups in total. The topological polar surface area (TPSA) is 44.0 Å². The first-order valence-electron chi connectivity index (χ1n) is 8.78. The summed E-state index contributed by atoms with van der Waals surface area (Å²) in [6, 6.07) is 10.7. The largest absolute Gasteiger partial charge is 0.363 e. The third-order valence-corrected chi connectivity index (χ3v) is 4.81. The molecule has 26 heavy (non-hydrogen) atoms. The Morgan fingerprint density at radius 1 is 1.31 bits per heavy atom. The van der Waals surface area contributed by atoms with Gasteiger partial charge in [-0.25, -0.2) is 4.39 Å². The Labute approximate surface area is 158 Å². The van der Waals surface area contributed by atoms with E-state index in [1.54, 1.807) is 18.3 Å². The molecule has 0 aliphatic heterocycles. The number of nitrogens with zero attached hydrogens (tertiary/aromatic N) is 2. The third kappa shape index (κ3) is 4.19. The molecule has 0 saturated carbocycles. The van der Waals surface area contributed by atoms with E-state index in [4.69, 9.17) is 12.2 Å². The maximum atomic E-state index is 13.7. The Morgan fingerprint density at radius 3 is 2.88 bits per heavy atom. The normalized spacial score (nSPS) is 10.9. The Kier molecular flexibility index (Phi) is 5.83. The molecule has 2 aromatic heterocycles. The van der Waals surface area contributed by atoms with E-state index in [1.807, 2.05) is 32.0 Å². The van der Waals surface area contributed by atoms with Crippen molar-refractivity contribution in [2.45, 2.75) is 26.8 Å². The quantitative estimate of drug-likeness (QED) is 0.645. The Bertz CT molecular complexity index is 891. The first-order valence-corrected chi connectivity index (χ1v) is 9.18. The van der Waals surface area contributed by atoms with Crippen LogP contribution in [0.25, 0.3) is 10.9 Å². The summed E-state index contributed by atoms with van der Waals surface area (Å²) in [5.74, 6) is -0.216. The number of aromatic nitrogens is 2. The van der Waals surface area contributed by atoms with Crippen LogP contribution in [0.1, 0.15) is 23.9 Å². The van der Waals surface area contributed by atoms with Gasteiger partial charge in [0.15, 0.2) is 5.11 Å². The lowest BCUT2D eigenvalue weighted by Gasteiger charge is -2.25. The number of halogens is 1. The zero-order valence-electron chi connectivity index (χ0n) is 15.1. The summed E-state index contributed by atoms with van der Waals surface area (Å²) < 4.78 is 13.7. The lowest BCUT2D eigenvalue weighted by Crippen LogP contribution is -2.40. The summed E-state index contributed by atoms with van der Waals surface area (Å²) in [5.41, 5.74) is 4.13. The van der Waals surface area contributed by atoms with Gasteiger partial charge in [0.2, 0.25) is 0 Å². The molecule has 0 radical (unpaired) electrons. The SMILES string of the molecule is CCNC(=S)N(CCc1c(C)[nH]c2ccc(F)cc12)Cc1ccccn1. The van der Waals surface area contributed by atoms with Crippen molar-refractivity contribution in [3.8, 4) is 0 Å². The monoisotopic (exact) mass is 370 g/mol. The van der Waals surface area contributed by atoms with Crippen molar-refractivity contribution < 1.29 is 4.39 Å². The summed E-state index contributed by atoms with van der Waals surface area (Å²) in [4.78, 5) is 9.85. The van der Waals surface area contributed by atoms with Gasteiger partial charge in [-0.2, -0.15) is 0 Å². The van der Waals surface area contributed by atoms with E-state index in [2.05, 4.69) is 20.2 Å². The molecule has 0 atom stereocenters. The molecule has 3 aromatic rings. The maximum Gasteiger partial charge on any atom is 0.169 e. The molecule has 0 amide bonds. The molecule has 6 heteroatoms. The molecule has 0 bridgehead atoms. The second-order valence-corrected chi connectivity index (χ2v) is 6.63. The van der Waals surface area contributed by atoms with Crippen molar-refractivity contribution in [2.24, 2.45) is 0 Å². The van der Waals surface area contributed by atoms with Crippen molar-refractivity contribution in [1.29, 1.82) is 0 Å². The molecule has 136 valence electrons. The zero-order valence-corrected chi connectivity index (χ0v) is 15.9. The van der Waals surface area contributed by atoms with Gasteiger partial charge in [-0.1, -0.05) is 6.07 Å². The molecular formula is C20H23FN4S. The predicted molar refractivity (Wildman–Crippen MR) is 108 cm³/mol. The fourth-order valence-electron chi connectivity index (χ4n) is 3.13. The van der Waals surface area contributed by atoms with Crippen LogP contribution in [-0.2, 0) is 13.0 Å². The zero-order chi connectivity index (χ0) is 18.5. The fraction of sp³-hybridized carbons (Fsp3) is 0.300. The molecule has 0 fully saturated rings. The summed E-state index contributed by atoms with van der Waals surface area (Å²) in [6.45, 7) is 6.20. The van der Waals surface area contributed by atoms with Gasteiger partial charge in [0, 0.05) is 35.9 Å². The number of aryl methyl sites for hydroxylation is 1. The first-order chi connectivity index (χ1) is 12.6. The van der Waals surface area contributed by atoms with Gasteiger partial charge in [0.25, 0.3) is 0 Å². The number of hydrogen-bond acceptors (Lipinski definition) is 2. The molecule has 3 rings (SSSR count). The van der Waals surface area contributed by atoms with Crippen LogP contribution < -0.4 is 5.32 Å². The van der Waals surface area contributed by atoms with E-state index >= 15 is 0 Å². The van der Waals surface area contributed by atoms with Crippen molar-refractivity contribution in [2.75, 3.05) is 13.1 Å². The average Bonchev–Trinajstić information content (AvgIpc) is 2.94. The minimum Gasteiger partial charge on any atom is -0.363 e. The smallest absolute Gasteiger partial charge is 0.169 e. The highest BCUT2D eigenvalue weighted by molar-refractivity contribution is 7.80. The van der Waals surface area contributed by atoms with Gasteiger partial charge >= 0.3 is 0 Å². The number of hydrogen-bond donors (Lipinski definition) is 2. The van der Waals surface area contributed by atoms with E-state index in [0.717, 1.165) is 47.4 Å². The molecule has 4 nitrogen and oxygen atoms in total. The van der Waals surface area contributed by atoms with Gasteiger partial charge in [-0.15, -0.1) is 0 Å². The van der Waals surface area contributed by atoms with Gasteiger partial charge in [-0.3, -0.25) is 4.98 Å². The Balaban J connectivity index is 1.80. The molecular weight excluding hydrogens is 347 g/mol. The van der Waals surface area contributed by atoms with Crippen LogP contribution in [0.4, 0.5) is 4.39 Å². The summed E-state index contributed by atoms with van der Waals surface area (Å²) in [7, 11) is 0. The molecule has 0 saturated heterocycles. The molecule has 0 aliphatic carbocycles. The number of H-pyrrole nitrogens is 1. The lowest BCUT2D eigenvalue weighted by molar-refractivity contribution is 0.405. The summed E-state index contributed by atoms with van der Waals surface area (Å²) in [5, 5.41) is 4.87. The number of benzene rings is 1. The Hall–Kier alpha value is -2.47. The highest BCUT2D eigenvalue weighted by Crippen LogP contribution is 2.24. The standard InChI is InChI=1S/C20H23FN4S/c1-3-22-20(26)25(13-16-6-4-5-10-23-16)11-9-17-14(2)24-19-8-7-15(21)12-18(17)19/h4-8,10,12,24H,3,9,11,13H2,1-2H3,(H,22,26). The molecule has 0 spiro atoms. The second kappa shape index (κ2) is 8.27. The minimum absolute atomic E-state index is 0.216. The van der Waals surface area contributed by atoms with Gasteiger partial charge in [0.1, 0.15) is 5.82 Å². The van der Waals surface area contributed by atoms with Crippen molar-refractivity contribution in [3.63, 3.8) is 0 Å². The molecule has 0 unspecified atom stereocenters. The van der Waals surface area contributed by atoms with Crippen molar-refractivity contribution in [3.05, 3.63) is 65.4 Å². The molecule has 0 aliphatic rings. The van der Waals surface area contributed by atoms with E-state index in [9.17, 15) is 4.39 Å². The van der Waals surface area contributed by atoms with E-state index in [0.29, 0.717) is 11.7 Å². The highest BCUT2D eigenvalue weighted by atomic mass is 32.1. The number of pyridine rings is 1. The van der Waals surface area contributed by atoms with Gasteiger partial charge in [-0.05, 0) is 68.4 Å². The highest BCUT2D eigenvalue weighted by Gasteiger charge is 2.14. The predicted octanol–water partition coefficient (Wildman–Crippen LogP) is 3.95. The summed E-state index contributed by atoms with van der Waals surface area (Å²) >= 11 is 5.54. The Morgan fingerprint density at radius 2 is 2.15 bits per heavy atom. The fourth-order valence-corrected chi connectivity index (χ4v) is 3.43.